The van der Waals surface area contributed by atoms with Crippen molar-refractivity contribution in [2.75, 3.05) is 5.32 Å². The summed E-state index contributed by atoms with van der Waals surface area (Å²) in [5, 5.41) is 2.37. The fourth-order valence-electron chi connectivity index (χ4n) is 1.90. The molecule has 1 N–H and O–H groups in total. The maximum absolute atomic E-state index is 12.7. The van der Waals surface area contributed by atoms with Gasteiger partial charge in [-0.15, -0.1) is 0 Å². The van der Waals surface area contributed by atoms with Crippen LogP contribution in [0.25, 0.3) is 0 Å². The number of amides is 1. The zero-order valence-electron chi connectivity index (χ0n) is 11.7. The number of nitrogens with one attached hydrogen (secondary N) is 1. The van der Waals surface area contributed by atoms with Crippen LogP contribution < -0.4 is 5.32 Å². The number of rotatable bonds is 5. The Morgan fingerprint density at radius 3 is 2.30 bits per heavy atom. The van der Waals surface area contributed by atoms with Gasteiger partial charge < -0.3 is 5.32 Å². The topological polar surface area (TPSA) is 63.2 Å². The number of carbonyl (C=O) groups is 1. The first-order valence-electron chi connectivity index (χ1n) is 6.46. The quantitative estimate of drug-likeness (QED) is 0.828. The number of carbonyl (C=O) groups excluding carboxylic acids is 1. The molecule has 0 aromatic heterocycles. The second-order valence-corrected chi connectivity index (χ2v) is 7.46. The molecule has 0 saturated heterocycles. The molecule has 0 aliphatic rings. The maximum Gasteiger partial charge on any atom is 0.341 e. The van der Waals surface area contributed by atoms with Crippen LogP contribution in [0.4, 0.5) is 14.5 Å². The summed E-state index contributed by atoms with van der Waals surface area (Å²) in [6.07, 6.45) is -0.00363. The molecule has 0 spiro atoms. The molecule has 0 fully saturated rings. The second-order valence-electron chi connectivity index (χ2n) is 4.65. The van der Waals surface area contributed by atoms with E-state index in [1.54, 1.807) is 24.3 Å². The molecule has 1 amide bonds. The van der Waals surface area contributed by atoms with Crippen molar-refractivity contribution in [2.24, 2.45) is 0 Å². The zero-order valence-corrected chi connectivity index (χ0v) is 14.1. The smallest absolute Gasteiger partial charge is 0.325 e. The minimum atomic E-state index is -4.79. The summed E-state index contributed by atoms with van der Waals surface area (Å²) in [5.41, 5.74) is 0.551. The average Bonchev–Trinajstić information content (AvgIpc) is 2.50. The lowest BCUT2D eigenvalue weighted by molar-refractivity contribution is -0.115. The summed E-state index contributed by atoms with van der Waals surface area (Å²) in [7, 11) is -4.79. The van der Waals surface area contributed by atoms with Crippen LogP contribution in [0.2, 0.25) is 0 Å². The molecule has 23 heavy (non-hydrogen) atoms. The van der Waals surface area contributed by atoms with E-state index in [9.17, 15) is 22.0 Å². The highest BCUT2D eigenvalue weighted by Crippen LogP contribution is 2.26. The molecule has 0 atom stereocenters. The number of sulfone groups is 1. The van der Waals surface area contributed by atoms with E-state index in [1.165, 1.54) is 18.2 Å². The van der Waals surface area contributed by atoms with Crippen molar-refractivity contribution in [1.29, 1.82) is 0 Å². The standard InChI is InChI=1S/C15H12BrF2NO3S/c16-11-7-5-10(6-8-11)9-14(20)19-12-3-1-2-4-13(12)23(21,22)15(17)18/h1-8,15H,9H2,(H,19,20). The molecule has 4 nitrogen and oxygen atoms in total. The third kappa shape index (κ3) is 4.35. The first-order chi connectivity index (χ1) is 10.8. The number of alkyl halides is 2. The highest BCUT2D eigenvalue weighted by Gasteiger charge is 2.29. The van der Waals surface area contributed by atoms with E-state index in [0.29, 0.717) is 5.56 Å². The minimum Gasteiger partial charge on any atom is -0.325 e. The Morgan fingerprint density at radius 1 is 1.09 bits per heavy atom. The monoisotopic (exact) mass is 403 g/mol. The van der Waals surface area contributed by atoms with Gasteiger partial charge in [-0.1, -0.05) is 40.2 Å². The summed E-state index contributed by atoms with van der Waals surface area (Å²) < 4.78 is 49.5. The largest absolute Gasteiger partial charge is 0.341 e. The molecule has 2 aromatic carbocycles. The Morgan fingerprint density at radius 2 is 1.70 bits per heavy atom. The van der Waals surface area contributed by atoms with E-state index in [4.69, 9.17) is 0 Å². The number of hydrogen-bond acceptors (Lipinski definition) is 3. The number of benzene rings is 2. The summed E-state index contributed by atoms with van der Waals surface area (Å²) in [5.74, 6) is -4.05. The van der Waals surface area contributed by atoms with Crippen molar-refractivity contribution < 1.29 is 22.0 Å². The zero-order chi connectivity index (χ0) is 17.0. The van der Waals surface area contributed by atoms with Crippen molar-refractivity contribution in [3.8, 4) is 0 Å². The van der Waals surface area contributed by atoms with Crippen LogP contribution in [0.5, 0.6) is 0 Å². The first kappa shape index (κ1) is 17.6. The lowest BCUT2D eigenvalue weighted by Gasteiger charge is -2.11. The Hall–Kier alpha value is -1.80. The number of anilines is 1. The maximum atomic E-state index is 12.7. The Balaban J connectivity index is 2.20. The van der Waals surface area contributed by atoms with Gasteiger partial charge in [0.25, 0.3) is 0 Å². The molecule has 0 radical (unpaired) electrons. The van der Waals surface area contributed by atoms with Crippen molar-refractivity contribution in [3.63, 3.8) is 0 Å². The van der Waals surface area contributed by atoms with Crippen LogP contribution in [0.1, 0.15) is 5.56 Å². The number of para-hydroxylation sites is 1. The van der Waals surface area contributed by atoms with Gasteiger partial charge in [0.05, 0.1) is 17.0 Å². The molecule has 2 rings (SSSR count). The fraction of sp³-hybridized carbons (Fsp3) is 0.133. The molecular weight excluding hydrogens is 392 g/mol. The summed E-state index contributed by atoms with van der Waals surface area (Å²) >= 11 is 3.27. The van der Waals surface area contributed by atoms with Gasteiger partial charge in [-0.05, 0) is 29.8 Å². The van der Waals surface area contributed by atoms with Gasteiger partial charge in [-0.3, -0.25) is 4.79 Å². The fourth-order valence-corrected chi connectivity index (χ4v) is 3.05. The number of halogens is 3. The molecule has 8 heteroatoms. The third-order valence-corrected chi connectivity index (χ3v) is 4.95. The van der Waals surface area contributed by atoms with Crippen molar-refractivity contribution in [3.05, 3.63) is 58.6 Å². The van der Waals surface area contributed by atoms with Crippen LogP contribution in [0.3, 0.4) is 0 Å². The molecule has 122 valence electrons. The second kappa shape index (κ2) is 7.18. The van der Waals surface area contributed by atoms with E-state index in [0.717, 1.165) is 10.5 Å². The van der Waals surface area contributed by atoms with Gasteiger partial charge in [0.15, 0.2) is 0 Å². The molecular formula is C15H12BrF2NO3S. The van der Waals surface area contributed by atoms with Gasteiger partial charge >= 0.3 is 5.76 Å². The summed E-state index contributed by atoms with van der Waals surface area (Å²) in [4.78, 5) is 11.4. The summed E-state index contributed by atoms with van der Waals surface area (Å²) in [6, 6.07) is 12.1. The predicted molar refractivity (Wildman–Crippen MR) is 86.1 cm³/mol. The Labute approximate surface area is 140 Å². The van der Waals surface area contributed by atoms with Crippen molar-refractivity contribution >= 4 is 37.4 Å². The lowest BCUT2D eigenvalue weighted by Crippen LogP contribution is -2.19. The van der Waals surface area contributed by atoms with Crippen molar-refractivity contribution in [1.82, 2.24) is 0 Å². The molecule has 0 bridgehead atoms. The number of hydrogen-bond donors (Lipinski definition) is 1. The molecule has 2 aromatic rings. The lowest BCUT2D eigenvalue weighted by atomic mass is 10.1. The molecule has 0 aliphatic carbocycles. The first-order valence-corrected chi connectivity index (χ1v) is 8.80. The Kier molecular flexibility index (Phi) is 5.48. The summed E-state index contributed by atoms with van der Waals surface area (Å²) in [6.45, 7) is 0. The predicted octanol–water partition coefficient (Wildman–Crippen LogP) is 3.63. The normalized spacial score (nSPS) is 11.5. The molecule has 0 aliphatic heterocycles. The van der Waals surface area contributed by atoms with Crippen LogP contribution in [-0.4, -0.2) is 20.1 Å². The Bertz CT molecular complexity index is 808. The van der Waals surface area contributed by atoms with Crippen molar-refractivity contribution in [2.45, 2.75) is 17.1 Å². The van der Waals surface area contributed by atoms with E-state index < -0.39 is 26.4 Å². The third-order valence-electron chi connectivity index (χ3n) is 2.98. The van der Waals surface area contributed by atoms with E-state index >= 15 is 0 Å². The van der Waals surface area contributed by atoms with Gasteiger partial charge in [0.2, 0.25) is 15.7 Å². The van der Waals surface area contributed by atoms with E-state index in [-0.39, 0.29) is 12.1 Å². The van der Waals surface area contributed by atoms with Crippen LogP contribution in [0, 0.1) is 0 Å². The van der Waals surface area contributed by atoms with E-state index in [2.05, 4.69) is 21.2 Å². The molecule has 0 unspecified atom stereocenters. The van der Waals surface area contributed by atoms with E-state index in [1.807, 2.05) is 0 Å². The minimum absolute atomic E-state index is 0.00363. The molecule has 0 heterocycles. The highest BCUT2D eigenvalue weighted by molar-refractivity contribution is 9.10. The van der Waals surface area contributed by atoms with Gasteiger partial charge in [0, 0.05) is 4.47 Å². The average molecular weight is 404 g/mol. The van der Waals surface area contributed by atoms with Crippen LogP contribution in [-0.2, 0) is 21.1 Å². The van der Waals surface area contributed by atoms with Gasteiger partial charge in [-0.2, -0.15) is 8.78 Å². The van der Waals surface area contributed by atoms with Gasteiger partial charge in [-0.25, -0.2) is 8.42 Å². The van der Waals surface area contributed by atoms with Gasteiger partial charge in [0.1, 0.15) is 0 Å². The SMILES string of the molecule is O=C(Cc1ccc(Br)cc1)Nc1ccccc1S(=O)(=O)C(F)F. The van der Waals surface area contributed by atoms with Crippen LogP contribution >= 0.6 is 15.9 Å². The molecule has 0 saturated carbocycles. The van der Waals surface area contributed by atoms with Crippen LogP contribution in [0.15, 0.2) is 57.9 Å². The highest BCUT2D eigenvalue weighted by atomic mass is 79.9.